The van der Waals surface area contributed by atoms with Crippen molar-refractivity contribution in [1.82, 2.24) is 5.32 Å². The van der Waals surface area contributed by atoms with Gasteiger partial charge in [-0.25, -0.2) is 4.79 Å². The molecule has 0 atom stereocenters. The van der Waals surface area contributed by atoms with Crippen LogP contribution in [0.2, 0.25) is 0 Å². The summed E-state index contributed by atoms with van der Waals surface area (Å²) in [4.78, 5) is 21.1. The second-order valence-electron chi connectivity index (χ2n) is 2.51. The summed E-state index contributed by atoms with van der Waals surface area (Å²) in [6.07, 6.45) is 0. The third-order valence-electron chi connectivity index (χ3n) is 1.38. The average molecular weight is 194 g/mol. The maximum atomic E-state index is 10.9. The van der Waals surface area contributed by atoms with Crippen LogP contribution in [0.15, 0.2) is 30.3 Å². The van der Waals surface area contributed by atoms with Crippen molar-refractivity contribution in [3.05, 3.63) is 30.3 Å². The van der Waals surface area contributed by atoms with E-state index in [1.54, 1.807) is 24.3 Å². The number of ether oxygens (including phenoxy) is 1. The Morgan fingerprint density at radius 3 is 2.50 bits per heavy atom. The number of rotatable bonds is 3. The molecule has 0 radical (unpaired) electrons. The molecule has 0 saturated carbocycles. The van der Waals surface area contributed by atoms with E-state index >= 15 is 0 Å². The smallest absolute Gasteiger partial charge is 0.318 e. The number of nitrogens with one attached hydrogen (secondary N) is 1. The average Bonchev–Trinajstić information content (AvgIpc) is 2.15. The van der Waals surface area contributed by atoms with Crippen LogP contribution in [0, 0.1) is 0 Å². The van der Waals surface area contributed by atoms with Gasteiger partial charge in [-0.1, -0.05) is 18.2 Å². The van der Waals surface area contributed by atoms with Gasteiger partial charge in [0.05, 0.1) is 0 Å². The van der Waals surface area contributed by atoms with Crippen LogP contribution in [0.25, 0.3) is 0 Å². The van der Waals surface area contributed by atoms with Crippen molar-refractivity contribution < 1.29 is 14.3 Å². The molecule has 0 aliphatic rings. The third-order valence-corrected chi connectivity index (χ3v) is 1.38. The van der Waals surface area contributed by atoms with Gasteiger partial charge in [-0.2, -0.15) is 0 Å². The SMILES string of the molecule is NC(=O)NC(=O)COc1ccccc1. The summed E-state index contributed by atoms with van der Waals surface area (Å²) in [5.41, 5.74) is 4.74. The molecule has 5 nitrogen and oxygen atoms in total. The van der Waals surface area contributed by atoms with Gasteiger partial charge in [0.2, 0.25) is 0 Å². The normalized spacial score (nSPS) is 9.14. The molecule has 5 heteroatoms. The number of benzene rings is 1. The minimum Gasteiger partial charge on any atom is -0.484 e. The van der Waals surface area contributed by atoms with Crippen LogP contribution in [0.1, 0.15) is 0 Å². The highest BCUT2D eigenvalue weighted by Gasteiger charge is 2.04. The Morgan fingerprint density at radius 1 is 1.29 bits per heavy atom. The first kappa shape index (κ1) is 10.0. The predicted molar refractivity (Wildman–Crippen MR) is 49.7 cm³/mol. The Bertz CT molecular complexity index is 324. The fourth-order valence-corrected chi connectivity index (χ4v) is 0.839. The molecule has 0 saturated heterocycles. The maximum absolute atomic E-state index is 10.9. The Labute approximate surface area is 80.9 Å². The summed E-state index contributed by atoms with van der Waals surface area (Å²) in [5, 5.41) is 1.89. The summed E-state index contributed by atoms with van der Waals surface area (Å²) >= 11 is 0. The van der Waals surface area contributed by atoms with Gasteiger partial charge in [0.15, 0.2) is 6.61 Å². The van der Waals surface area contributed by atoms with Crippen molar-refractivity contribution in [3.63, 3.8) is 0 Å². The highest BCUT2D eigenvalue weighted by atomic mass is 16.5. The van der Waals surface area contributed by atoms with E-state index in [0.29, 0.717) is 5.75 Å². The lowest BCUT2D eigenvalue weighted by molar-refractivity contribution is -0.121. The molecule has 0 unspecified atom stereocenters. The largest absolute Gasteiger partial charge is 0.484 e. The number of hydrogen-bond donors (Lipinski definition) is 2. The number of nitrogens with two attached hydrogens (primary N) is 1. The van der Waals surface area contributed by atoms with Crippen LogP contribution < -0.4 is 15.8 Å². The molecule has 0 aromatic heterocycles. The molecule has 1 rings (SSSR count). The quantitative estimate of drug-likeness (QED) is 0.724. The van der Waals surface area contributed by atoms with E-state index in [-0.39, 0.29) is 6.61 Å². The van der Waals surface area contributed by atoms with Crippen molar-refractivity contribution in [2.45, 2.75) is 0 Å². The van der Waals surface area contributed by atoms with Gasteiger partial charge in [-0.05, 0) is 12.1 Å². The van der Waals surface area contributed by atoms with Crippen LogP contribution in [0.4, 0.5) is 4.79 Å². The molecule has 3 amide bonds. The van der Waals surface area contributed by atoms with Gasteiger partial charge in [0, 0.05) is 0 Å². The van der Waals surface area contributed by atoms with E-state index in [1.807, 2.05) is 11.4 Å². The van der Waals surface area contributed by atoms with Gasteiger partial charge in [0.25, 0.3) is 5.91 Å². The van der Waals surface area contributed by atoms with E-state index in [2.05, 4.69) is 0 Å². The highest BCUT2D eigenvalue weighted by Crippen LogP contribution is 2.07. The fourth-order valence-electron chi connectivity index (χ4n) is 0.839. The van der Waals surface area contributed by atoms with Crippen molar-refractivity contribution in [3.8, 4) is 5.75 Å². The number of amides is 3. The van der Waals surface area contributed by atoms with Gasteiger partial charge in [0.1, 0.15) is 5.75 Å². The molecular weight excluding hydrogens is 184 g/mol. The Kier molecular flexibility index (Phi) is 3.49. The van der Waals surface area contributed by atoms with E-state index in [4.69, 9.17) is 10.5 Å². The molecule has 14 heavy (non-hydrogen) atoms. The van der Waals surface area contributed by atoms with Gasteiger partial charge < -0.3 is 10.5 Å². The number of hydrogen-bond acceptors (Lipinski definition) is 3. The van der Waals surface area contributed by atoms with Crippen molar-refractivity contribution in [2.24, 2.45) is 5.73 Å². The number of carbonyl (C=O) groups excluding carboxylic acids is 2. The Morgan fingerprint density at radius 2 is 1.93 bits per heavy atom. The summed E-state index contributed by atoms with van der Waals surface area (Å²) < 4.78 is 5.05. The standard InChI is InChI=1S/C9H10N2O3/c10-9(13)11-8(12)6-14-7-4-2-1-3-5-7/h1-5H,6H2,(H3,10,11,12,13). The second-order valence-corrected chi connectivity index (χ2v) is 2.51. The van der Waals surface area contributed by atoms with Crippen molar-refractivity contribution >= 4 is 11.9 Å². The molecular formula is C9H10N2O3. The number of imide groups is 1. The number of primary amides is 1. The monoisotopic (exact) mass is 194 g/mol. The first-order valence-corrected chi connectivity index (χ1v) is 3.95. The fraction of sp³-hybridized carbons (Fsp3) is 0.111. The Balaban J connectivity index is 2.34. The zero-order chi connectivity index (χ0) is 10.4. The summed E-state index contributed by atoms with van der Waals surface area (Å²) in [6.45, 7) is -0.229. The van der Waals surface area contributed by atoms with Crippen LogP contribution in [0.5, 0.6) is 5.75 Å². The van der Waals surface area contributed by atoms with Crippen LogP contribution in [-0.2, 0) is 4.79 Å². The zero-order valence-corrected chi connectivity index (χ0v) is 7.40. The minimum atomic E-state index is -0.883. The molecule has 3 N–H and O–H groups in total. The number of urea groups is 1. The van der Waals surface area contributed by atoms with Gasteiger partial charge >= 0.3 is 6.03 Å². The molecule has 0 aliphatic heterocycles. The molecule has 1 aromatic carbocycles. The number of carbonyl (C=O) groups is 2. The molecule has 0 aliphatic carbocycles. The lowest BCUT2D eigenvalue weighted by atomic mass is 10.3. The van der Waals surface area contributed by atoms with E-state index in [9.17, 15) is 9.59 Å². The molecule has 0 spiro atoms. The van der Waals surface area contributed by atoms with Crippen molar-refractivity contribution in [1.29, 1.82) is 0 Å². The lowest BCUT2D eigenvalue weighted by Crippen LogP contribution is -2.38. The van der Waals surface area contributed by atoms with E-state index in [0.717, 1.165) is 0 Å². The highest BCUT2D eigenvalue weighted by molar-refractivity contribution is 5.94. The minimum absolute atomic E-state index is 0.229. The molecule has 1 aromatic rings. The Hall–Kier alpha value is -2.04. The summed E-state index contributed by atoms with van der Waals surface area (Å²) in [7, 11) is 0. The maximum Gasteiger partial charge on any atom is 0.318 e. The summed E-state index contributed by atoms with van der Waals surface area (Å²) in [5.74, 6) is -0.00604. The molecule has 0 fully saturated rings. The molecule has 74 valence electrons. The van der Waals surface area contributed by atoms with Crippen LogP contribution in [0.3, 0.4) is 0 Å². The van der Waals surface area contributed by atoms with Crippen molar-refractivity contribution in [2.75, 3.05) is 6.61 Å². The first-order chi connectivity index (χ1) is 6.68. The van der Waals surface area contributed by atoms with Gasteiger partial charge in [-0.3, -0.25) is 10.1 Å². The lowest BCUT2D eigenvalue weighted by Gasteiger charge is -2.04. The van der Waals surface area contributed by atoms with Crippen LogP contribution >= 0.6 is 0 Å². The third kappa shape index (κ3) is 3.57. The summed E-state index contributed by atoms with van der Waals surface area (Å²) in [6, 6.07) is 7.92. The topological polar surface area (TPSA) is 81.4 Å². The number of para-hydroxylation sites is 1. The zero-order valence-electron chi connectivity index (χ0n) is 7.40. The van der Waals surface area contributed by atoms with Crippen LogP contribution in [-0.4, -0.2) is 18.5 Å². The predicted octanol–water partition coefficient (Wildman–Crippen LogP) is 0.260. The van der Waals surface area contributed by atoms with E-state index in [1.165, 1.54) is 0 Å². The van der Waals surface area contributed by atoms with E-state index < -0.39 is 11.9 Å². The second kappa shape index (κ2) is 4.86. The molecule has 0 bridgehead atoms. The van der Waals surface area contributed by atoms with Gasteiger partial charge in [-0.15, -0.1) is 0 Å². The molecule has 0 heterocycles. The first-order valence-electron chi connectivity index (χ1n) is 3.95.